The average Bonchev–Trinajstić information content (AvgIpc) is 4.20. The Kier molecular flexibility index (Phi) is 7.70. The van der Waals surface area contributed by atoms with E-state index in [2.05, 4.69) is 237 Å². The van der Waals surface area contributed by atoms with E-state index in [0.717, 1.165) is 103 Å². The number of benzene rings is 10. The van der Waals surface area contributed by atoms with Crippen LogP contribution in [0.4, 0.5) is 0 Å². The number of hydrogen-bond donors (Lipinski definition) is 0. The lowest BCUT2D eigenvalue weighted by Gasteiger charge is -2.27. The molecule has 10 aromatic carbocycles. The Morgan fingerprint density at radius 3 is 0.913 bits per heavy atom. The highest BCUT2D eigenvalue weighted by molar-refractivity contribution is 7.25. The van der Waals surface area contributed by atoms with Crippen LogP contribution in [0.5, 0.6) is 0 Å². The van der Waals surface area contributed by atoms with Crippen molar-refractivity contribution in [2.75, 3.05) is 0 Å². The van der Waals surface area contributed by atoms with Crippen molar-refractivity contribution in [1.29, 1.82) is 10.5 Å². The zero-order chi connectivity index (χ0) is 45.5. The summed E-state index contributed by atoms with van der Waals surface area (Å²) >= 11 is 1.78. The Hall–Kier alpha value is -9.40. The molecule has 0 bridgehead atoms. The molecular weight excluding hydrogens is 861 g/mol. The topological polar surface area (TPSA) is 67.3 Å². The zero-order valence-corrected chi connectivity index (χ0v) is 37.5. The first-order valence-electron chi connectivity index (χ1n) is 23.1. The van der Waals surface area contributed by atoms with Crippen LogP contribution in [0, 0.1) is 22.7 Å². The summed E-state index contributed by atoms with van der Waals surface area (Å²) < 4.78 is 11.6. The summed E-state index contributed by atoms with van der Waals surface area (Å²) in [6.07, 6.45) is 0. The Labute approximate surface area is 397 Å². The van der Waals surface area contributed by atoms with E-state index in [4.69, 9.17) is 0 Å². The van der Waals surface area contributed by atoms with Crippen molar-refractivity contribution in [3.05, 3.63) is 217 Å². The number of nitriles is 2. The molecule has 0 atom stereocenters. The molecule has 15 aromatic rings. The number of para-hydroxylation sites is 7. The van der Waals surface area contributed by atoms with Crippen molar-refractivity contribution in [1.82, 2.24) is 18.3 Å². The molecule has 0 aliphatic rings. The van der Waals surface area contributed by atoms with Gasteiger partial charge in [-0.3, -0.25) is 0 Å². The summed E-state index contributed by atoms with van der Waals surface area (Å²) in [4.78, 5) is 0. The largest absolute Gasteiger partial charge is 0.306 e. The predicted octanol–water partition coefficient (Wildman–Crippen LogP) is 16.2. The fourth-order valence-corrected chi connectivity index (χ4v) is 12.8. The molecule has 0 aliphatic heterocycles. The van der Waals surface area contributed by atoms with Crippen molar-refractivity contribution >= 4 is 119 Å². The van der Waals surface area contributed by atoms with Crippen LogP contribution in [0.3, 0.4) is 0 Å². The minimum atomic E-state index is 0.286. The van der Waals surface area contributed by atoms with Crippen LogP contribution >= 0.6 is 11.3 Å². The van der Waals surface area contributed by atoms with Crippen LogP contribution in [0.25, 0.3) is 130 Å². The molecule has 0 amide bonds. The summed E-state index contributed by atoms with van der Waals surface area (Å²) in [5.41, 5.74) is 11.1. The lowest BCUT2D eigenvalue weighted by Crippen LogP contribution is -2.17. The lowest BCUT2D eigenvalue weighted by molar-refractivity contribution is 1.01. The van der Waals surface area contributed by atoms with Gasteiger partial charge in [0.1, 0.15) is 12.1 Å². The summed E-state index contributed by atoms with van der Waals surface area (Å²) in [5.74, 6) is 0. The molecule has 5 heterocycles. The summed E-state index contributed by atoms with van der Waals surface area (Å²) in [6.45, 7) is 0. The van der Waals surface area contributed by atoms with Gasteiger partial charge < -0.3 is 18.3 Å². The van der Waals surface area contributed by atoms with Gasteiger partial charge in [0.2, 0.25) is 0 Å². The van der Waals surface area contributed by atoms with Gasteiger partial charge in [0.25, 0.3) is 0 Å². The quantitative estimate of drug-likeness (QED) is 0.177. The molecule has 7 heteroatoms. The first-order valence-corrected chi connectivity index (χ1v) is 23.9. The summed E-state index contributed by atoms with van der Waals surface area (Å²) in [5, 5.41) is 35.3. The van der Waals surface area contributed by atoms with Gasteiger partial charge in [0.15, 0.2) is 0 Å². The third-order valence-corrected chi connectivity index (χ3v) is 15.6. The predicted molar refractivity (Wildman–Crippen MR) is 286 cm³/mol. The van der Waals surface area contributed by atoms with Gasteiger partial charge in [0, 0.05) is 63.3 Å². The fourth-order valence-electron chi connectivity index (χ4n) is 11.7. The van der Waals surface area contributed by atoms with Crippen LogP contribution in [-0.4, -0.2) is 18.3 Å². The van der Waals surface area contributed by atoms with E-state index in [1.165, 1.54) is 15.5 Å². The molecule has 0 N–H and O–H groups in total. The maximum absolute atomic E-state index is 12.2. The normalized spacial score (nSPS) is 12.0. The van der Waals surface area contributed by atoms with Crippen molar-refractivity contribution in [3.63, 3.8) is 0 Å². The Bertz CT molecular complexity index is 4660. The lowest BCUT2D eigenvalue weighted by atomic mass is 9.98. The molecule has 6 nitrogen and oxygen atoms in total. The van der Waals surface area contributed by atoms with Gasteiger partial charge in [-0.1, -0.05) is 146 Å². The summed E-state index contributed by atoms with van der Waals surface area (Å²) in [6, 6.07) is 78.4. The van der Waals surface area contributed by atoms with E-state index in [9.17, 15) is 10.5 Å². The number of fused-ring (bicyclic) bond motifs is 15. The maximum atomic E-state index is 12.2. The Morgan fingerprint density at radius 1 is 0.261 bits per heavy atom. The highest BCUT2D eigenvalue weighted by Gasteiger charge is 2.34. The molecule has 0 unspecified atom stereocenters. The monoisotopic (exact) mass is 894 g/mol. The molecular formula is C62H34N6S. The Balaban J connectivity index is 1.28. The Morgan fingerprint density at radius 2 is 0.551 bits per heavy atom. The molecule has 0 saturated carbocycles. The van der Waals surface area contributed by atoms with Crippen LogP contribution in [0.2, 0.25) is 0 Å². The highest BCUT2D eigenvalue weighted by Crippen LogP contribution is 2.50. The van der Waals surface area contributed by atoms with Crippen molar-refractivity contribution < 1.29 is 0 Å². The van der Waals surface area contributed by atoms with Gasteiger partial charge in [-0.15, -0.1) is 11.3 Å². The number of thiophene rings is 1. The van der Waals surface area contributed by atoms with E-state index >= 15 is 0 Å². The van der Waals surface area contributed by atoms with Crippen molar-refractivity contribution in [2.24, 2.45) is 0 Å². The van der Waals surface area contributed by atoms with E-state index in [0.29, 0.717) is 11.4 Å². The number of nitrogens with zero attached hydrogens (tertiary/aromatic N) is 6. The van der Waals surface area contributed by atoms with E-state index in [-0.39, 0.29) is 11.1 Å². The van der Waals surface area contributed by atoms with E-state index < -0.39 is 0 Å². The van der Waals surface area contributed by atoms with Crippen LogP contribution in [0.1, 0.15) is 11.1 Å². The minimum absolute atomic E-state index is 0.286. The second kappa shape index (κ2) is 14.1. The van der Waals surface area contributed by atoms with Gasteiger partial charge in [-0.05, 0) is 60.7 Å². The third kappa shape index (κ3) is 4.96. The second-order valence-corrected chi connectivity index (χ2v) is 18.9. The van der Waals surface area contributed by atoms with Gasteiger partial charge in [-0.2, -0.15) is 10.5 Å². The summed E-state index contributed by atoms with van der Waals surface area (Å²) in [7, 11) is 0. The molecule has 15 rings (SSSR count). The van der Waals surface area contributed by atoms with Crippen molar-refractivity contribution in [3.8, 4) is 34.9 Å². The van der Waals surface area contributed by atoms with Gasteiger partial charge in [0.05, 0.1) is 78.0 Å². The van der Waals surface area contributed by atoms with Crippen molar-refractivity contribution in [2.45, 2.75) is 0 Å². The fraction of sp³-hybridized carbons (Fsp3) is 0. The molecule has 69 heavy (non-hydrogen) atoms. The van der Waals surface area contributed by atoms with Crippen LogP contribution in [-0.2, 0) is 0 Å². The maximum Gasteiger partial charge on any atom is 0.103 e. The van der Waals surface area contributed by atoms with E-state index in [1.54, 1.807) is 11.3 Å². The molecule has 0 aliphatic carbocycles. The molecule has 5 aromatic heterocycles. The standard InChI is InChI=1S/C62H34N6S/c63-35-47-48(36-64)60(68-55-31-15-7-23-43(55)45-33-46-44-24-8-16-32-57(44)69-58(46)34-56(45)68)62(67-53-29-13-5-21-41(53)42-22-6-14-30-54(42)67)61(66-51-27-11-3-19-39(51)40-20-4-12-28-52(40)66)59(47)65-49-25-9-1-17-37(49)38-18-2-10-26-50(38)65/h1-34H. The minimum Gasteiger partial charge on any atom is -0.306 e. The van der Waals surface area contributed by atoms with Gasteiger partial charge in [-0.25, -0.2) is 0 Å². The third-order valence-electron chi connectivity index (χ3n) is 14.4. The number of rotatable bonds is 4. The van der Waals surface area contributed by atoms with Crippen LogP contribution in [0.15, 0.2) is 206 Å². The first kappa shape index (κ1) is 37.8. The average molecular weight is 895 g/mol. The first-order chi connectivity index (χ1) is 34.2. The van der Waals surface area contributed by atoms with E-state index in [1.807, 2.05) is 0 Å². The zero-order valence-electron chi connectivity index (χ0n) is 36.7. The van der Waals surface area contributed by atoms with Crippen LogP contribution < -0.4 is 0 Å². The SMILES string of the molecule is N#Cc1c(C#N)c(-n2c3ccccc3c3cc4c(cc32)sc2ccccc24)c(-n2c3ccccc3c3ccccc32)c(-n2c3ccccc3c3ccccc32)c1-n1c2ccccc2c2ccccc21. The molecule has 318 valence electrons. The molecule has 0 spiro atoms. The number of aromatic nitrogens is 4. The molecule has 0 saturated heterocycles. The smallest absolute Gasteiger partial charge is 0.103 e. The highest BCUT2D eigenvalue weighted by atomic mass is 32.1. The molecule has 0 fully saturated rings. The molecule has 0 radical (unpaired) electrons. The van der Waals surface area contributed by atoms with Gasteiger partial charge >= 0.3 is 0 Å². The second-order valence-electron chi connectivity index (χ2n) is 17.8. The number of hydrogen-bond acceptors (Lipinski definition) is 3.